The van der Waals surface area contributed by atoms with Crippen molar-refractivity contribution in [3.8, 4) is 0 Å². The van der Waals surface area contributed by atoms with Crippen LogP contribution in [-0.2, 0) is 0 Å². The van der Waals surface area contributed by atoms with Gasteiger partial charge in [0.2, 0.25) is 5.95 Å². The Kier molecular flexibility index (Phi) is 4.58. The summed E-state index contributed by atoms with van der Waals surface area (Å²) in [5.41, 5.74) is 1.15. The Morgan fingerprint density at radius 1 is 1.47 bits per heavy atom. The molecule has 1 atom stereocenters. The van der Waals surface area contributed by atoms with Crippen LogP contribution in [-0.4, -0.2) is 54.6 Å². The molecule has 1 aliphatic heterocycles. The molecular formula is C14H25N5. The third-order valence-corrected chi connectivity index (χ3v) is 3.67. The average Bonchev–Trinajstić information content (AvgIpc) is 2.87. The molecule has 5 heteroatoms. The molecule has 19 heavy (non-hydrogen) atoms. The average molecular weight is 263 g/mol. The van der Waals surface area contributed by atoms with E-state index in [4.69, 9.17) is 0 Å². The molecule has 0 spiro atoms. The van der Waals surface area contributed by atoms with Gasteiger partial charge in [0.15, 0.2) is 0 Å². The van der Waals surface area contributed by atoms with Crippen LogP contribution in [0.3, 0.4) is 0 Å². The van der Waals surface area contributed by atoms with E-state index in [1.54, 1.807) is 0 Å². The van der Waals surface area contributed by atoms with E-state index in [1.165, 1.54) is 6.42 Å². The first-order chi connectivity index (χ1) is 9.11. The lowest BCUT2D eigenvalue weighted by molar-refractivity contribution is 0.315. The number of hydrogen-bond acceptors (Lipinski definition) is 5. The van der Waals surface area contributed by atoms with Crippen molar-refractivity contribution in [3.63, 3.8) is 0 Å². The number of rotatable bonds is 5. The second-order valence-electron chi connectivity index (χ2n) is 5.48. The number of hydrogen-bond donors (Lipinski definition) is 1. The first-order valence-corrected chi connectivity index (χ1v) is 7.10. The van der Waals surface area contributed by atoms with Gasteiger partial charge in [0, 0.05) is 37.4 Å². The van der Waals surface area contributed by atoms with Crippen LogP contribution in [0.15, 0.2) is 6.20 Å². The molecular weight excluding hydrogens is 238 g/mol. The summed E-state index contributed by atoms with van der Waals surface area (Å²) in [6, 6.07) is 0.626. The molecule has 0 amide bonds. The highest BCUT2D eigenvalue weighted by Gasteiger charge is 2.26. The maximum absolute atomic E-state index is 4.67. The van der Waals surface area contributed by atoms with Crippen molar-refractivity contribution in [2.45, 2.75) is 32.7 Å². The molecule has 1 aliphatic rings. The van der Waals surface area contributed by atoms with E-state index in [9.17, 15) is 0 Å². The van der Waals surface area contributed by atoms with Gasteiger partial charge in [-0.3, -0.25) is 0 Å². The highest BCUT2D eigenvalue weighted by molar-refractivity contribution is 5.50. The summed E-state index contributed by atoms with van der Waals surface area (Å²) in [6.45, 7) is 7.28. The highest BCUT2D eigenvalue weighted by Crippen LogP contribution is 2.24. The maximum atomic E-state index is 4.67. The summed E-state index contributed by atoms with van der Waals surface area (Å²) in [6.07, 6.45) is 4.20. The number of aryl methyl sites for hydroxylation is 1. The fourth-order valence-electron chi connectivity index (χ4n) is 2.43. The Morgan fingerprint density at radius 3 is 2.89 bits per heavy atom. The SMILES string of the molecule is CCCNc1ncc(C)c(N2CCC(N(C)C)C2)n1. The van der Waals surface area contributed by atoms with E-state index in [-0.39, 0.29) is 0 Å². The van der Waals surface area contributed by atoms with Crippen LogP contribution in [0.1, 0.15) is 25.3 Å². The minimum atomic E-state index is 0.626. The van der Waals surface area contributed by atoms with Crippen LogP contribution in [0.25, 0.3) is 0 Å². The molecule has 1 fully saturated rings. The first kappa shape index (κ1) is 14.1. The fourth-order valence-corrected chi connectivity index (χ4v) is 2.43. The van der Waals surface area contributed by atoms with Crippen molar-refractivity contribution >= 4 is 11.8 Å². The smallest absolute Gasteiger partial charge is 0.224 e. The number of nitrogens with one attached hydrogen (secondary N) is 1. The predicted octanol–water partition coefficient (Wildman–Crippen LogP) is 1.75. The van der Waals surface area contributed by atoms with Crippen LogP contribution in [0.5, 0.6) is 0 Å². The zero-order valence-corrected chi connectivity index (χ0v) is 12.5. The monoisotopic (exact) mass is 263 g/mol. The van der Waals surface area contributed by atoms with Gasteiger partial charge in [-0.2, -0.15) is 4.98 Å². The Bertz CT molecular complexity index is 418. The molecule has 2 heterocycles. The predicted molar refractivity (Wildman–Crippen MR) is 79.9 cm³/mol. The third-order valence-electron chi connectivity index (χ3n) is 3.67. The summed E-state index contributed by atoms with van der Waals surface area (Å²) in [4.78, 5) is 13.7. The Balaban J connectivity index is 2.11. The molecule has 0 bridgehead atoms. The first-order valence-electron chi connectivity index (χ1n) is 7.10. The van der Waals surface area contributed by atoms with Gasteiger partial charge in [0.1, 0.15) is 5.82 Å². The van der Waals surface area contributed by atoms with Crippen molar-refractivity contribution in [1.82, 2.24) is 14.9 Å². The molecule has 0 aliphatic carbocycles. The van der Waals surface area contributed by atoms with E-state index in [0.29, 0.717) is 6.04 Å². The van der Waals surface area contributed by atoms with Crippen LogP contribution >= 0.6 is 0 Å². The van der Waals surface area contributed by atoms with E-state index >= 15 is 0 Å². The minimum Gasteiger partial charge on any atom is -0.355 e. The fraction of sp³-hybridized carbons (Fsp3) is 0.714. The van der Waals surface area contributed by atoms with Crippen molar-refractivity contribution in [2.24, 2.45) is 0 Å². The maximum Gasteiger partial charge on any atom is 0.224 e. The summed E-state index contributed by atoms with van der Waals surface area (Å²) >= 11 is 0. The van der Waals surface area contributed by atoms with Crippen LogP contribution in [0, 0.1) is 6.92 Å². The molecule has 0 radical (unpaired) electrons. The lowest BCUT2D eigenvalue weighted by atomic mass is 10.2. The van der Waals surface area contributed by atoms with Gasteiger partial charge in [0.05, 0.1) is 0 Å². The molecule has 1 aromatic heterocycles. The topological polar surface area (TPSA) is 44.3 Å². The quantitative estimate of drug-likeness (QED) is 0.877. The second-order valence-corrected chi connectivity index (χ2v) is 5.48. The standard InChI is InChI=1S/C14H25N5/c1-5-7-15-14-16-9-11(2)13(17-14)19-8-6-12(10-19)18(3)4/h9,12H,5-8,10H2,1-4H3,(H,15,16,17). The van der Waals surface area contributed by atoms with Gasteiger partial charge >= 0.3 is 0 Å². The van der Waals surface area contributed by atoms with Crippen molar-refractivity contribution in [3.05, 3.63) is 11.8 Å². The van der Waals surface area contributed by atoms with Crippen LogP contribution in [0.2, 0.25) is 0 Å². The third kappa shape index (κ3) is 3.35. The number of aromatic nitrogens is 2. The van der Waals surface area contributed by atoms with Gasteiger partial charge in [-0.15, -0.1) is 0 Å². The molecule has 1 unspecified atom stereocenters. The van der Waals surface area contributed by atoms with Crippen LogP contribution in [0.4, 0.5) is 11.8 Å². The van der Waals surface area contributed by atoms with Gasteiger partial charge in [-0.25, -0.2) is 4.98 Å². The van der Waals surface area contributed by atoms with Gasteiger partial charge in [-0.05, 0) is 33.9 Å². The Labute approximate surface area is 116 Å². The molecule has 2 rings (SSSR count). The van der Waals surface area contributed by atoms with Crippen LogP contribution < -0.4 is 10.2 Å². The summed E-state index contributed by atoms with van der Waals surface area (Å²) in [7, 11) is 4.30. The van der Waals surface area contributed by atoms with Crippen molar-refractivity contribution in [1.29, 1.82) is 0 Å². The molecule has 0 saturated carbocycles. The molecule has 1 aromatic rings. The normalized spacial score (nSPS) is 19.2. The Hall–Kier alpha value is -1.36. The van der Waals surface area contributed by atoms with Gasteiger partial charge in [0.25, 0.3) is 0 Å². The minimum absolute atomic E-state index is 0.626. The zero-order valence-electron chi connectivity index (χ0n) is 12.5. The zero-order chi connectivity index (χ0) is 13.8. The molecule has 1 N–H and O–H groups in total. The number of nitrogens with zero attached hydrogens (tertiary/aromatic N) is 4. The van der Waals surface area contributed by atoms with Crippen molar-refractivity contribution in [2.75, 3.05) is 43.9 Å². The highest BCUT2D eigenvalue weighted by atomic mass is 15.3. The molecule has 106 valence electrons. The lowest BCUT2D eigenvalue weighted by Gasteiger charge is -2.22. The largest absolute Gasteiger partial charge is 0.355 e. The van der Waals surface area contributed by atoms with E-state index in [1.807, 2.05) is 6.20 Å². The van der Waals surface area contributed by atoms with Crippen molar-refractivity contribution < 1.29 is 0 Å². The van der Waals surface area contributed by atoms with Gasteiger partial charge in [-0.1, -0.05) is 6.92 Å². The number of likely N-dealkylation sites (N-methyl/N-ethyl adjacent to an activating group) is 1. The molecule has 0 aromatic carbocycles. The summed E-state index contributed by atoms with van der Waals surface area (Å²) < 4.78 is 0. The summed E-state index contributed by atoms with van der Waals surface area (Å²) in [5, 5.41) is 3.26. The van der Waals surface area contributed by atoms with Gasteiger partial charge < -0.3 is 15.1 Å². The summed E-state index contributed by atoms with van der Waals surface area (Å²) in [5.74, 6) is 1.83. The molecule has 1 saturated heterocycles. The van der Waals surface area contributed by atoms with E-state index < -0.39 is 0 Å². The van der Waals surface area contributed by atoms with E-state index in [0.717, 1.165) is 43.4 Å². The lowest BCUT2D eigenvalue weighted by Crippen LogP contribution is -2.32. The second kappa shape index (κ2) is 6.19. The molecule has 5 nitrogen and oxygen atoms in total. The van der Waals surface area contributed by atoms with E-state index in [2.05, 4.69) is 53.0 Å². The number of anilines is 2. The Morgan fingerprint density at radius 2 is 2.26 bits per heavy atom.